The summed E-state index contributed by atoms with van der Waals surface area (Å²) in [6.07, 6.45) is 4.07. The molecule has 0 aliphatic rings. The third-order valence-electron chi connectivity index (χ3n) is 3.81. The number of amides is 2. The Labute approximate surface area is 140 Å². The fraction of sp³-hybridized carbons (Fsp3) is 0.389. The fourth-order valence-electron chi connectivity index (χ4n) is 2.56. The number of anilines is 1. The van der Waals surface area contributed by atoms with Crippen molar-refractivity contribution in [1.82, 2.24) is 5.32 Å². The maximum atomic E-state index is 13.9. The molecule has 6 heteroatoms. The number of halogens is 1. The number of hydrogen-bond acceptors (Lipinski definition) is 3. The number of benzene rings is 1. The summed E-state index contributed by atoms with van der Waals surface area (Å²) < 4.78 is 19.2. The fourth-order valence-corrected chi connectivity index (χ4v) is 2.56. The van der Waals surface area contributed by atoms with Crippen molar-refractivity contribution in [2.24, 2.45) is 5.92 Å². The first kappa shape index (κ1) is 18.0. The molecule has 0 aliphatic heterocycles. The quantitative estimate of drug-likeness (QED) is 0.683. The number of urea groups is 1. The number of aliphatic hydroxyl groups excluding tert-OH is 1. The predicted molar refractivity (Wildman–Crippen MR) is 91.2 cm³/mol. The molecule has 2 aromatic rings. The molecule has 0 aliphatic carbocycles. The van der Waals surface area contributed by atoms with E-state index < -0.39 is 11.8 Å². The van der Waals surface area contributed by atoms with Crippen molar-refractivity contribution in [2.45, 2.75) is 26.2 Å². The smallest absolute Gasteiger partial charge is 0.319 e. The van der Waals surface area contributed by atoms with Crippen molar-refractivity contribution >= 4 is 11.7 Å². The molecule has 1 unspecified atom stereocenters. The van der Waals surface area contributed by atoms with Crippen molar-refractivity contribution in [1.29, 1.82) is 0 Å². The monoisotopic (exact) mass is 334 g/mol. The number of aliphatic hydroxyl groups is 1. The molecule has 3 N–H and O–H groups in total. The van der Waals surface area contributed by atoms with Crippen molar-refractivity contribution in [2.75, 3.05) is 18.5 Å². The summed E-state index contributed by atoms with van der Waals surface area (Å²) in [6.45, 7) is 2.59. The Morgan fingerprint density at radius 2 is 2.17 bits per heavy atom. The molecule has 1 aromatic heterocycles. The van der Waals surface area contributed by atoms with E-state index in [9.17, 15) is 9.18 Å². The largest absolute Gasteiger partial charge is 0.464 e. The Morgan fingerprint density at radius 3 is 2.83 bits per heavy atom. The zero-order chi connectivity index (χ0) is 17.4. The van der Waals surface area contributed by atoms with Gasteiger partial charge in [-0.3, -0.25) is 0 Å². The first-order valence-electron chi connectivity index (χ1n) is 8.13. The highest BCUT2D eigenvalue weighted by atomic mass is 19.1. The van der Waals surface area contributed by atoms with Gasteiger partial charge in [-0.05, 0) is 49.1 Å². The second-order valence-corrected chi connectivity index (χ2v) is 5.67. The Hall–Kier alpha value is -2.34. The molecule has 0 saturated carbocycles. The minimum absolute atomic E-state index is 0.0911. The van der Waals surface area contributed by atoms with Gasteiger partial charge in [0.15, 0.2) is 0 Å². The lowest BCUT2D eigenvalue weighted by molar-refractivity contribution is 0.236. The van der Waals surface area contributed by atoms with E-state index in [1.165, 1.54) is 18.4 Å². The first-order chi connectivity index (χ1) is 11.6. The maximum Gasteiger partial charge on any atom is 0.319 e. The van der Waals surface area contributed by atoms with Crippen molar-refractivity contribution in [3.05, 3.63) is 42.4 Å². The van der Waals surface area contributed by atoms with E-state index in [1.807, 2.05) is 0 Å². The van der Waals surface area contributed by atoms with Crippen LogP contribution in [0.5, 0.6) is 0 Å². The number of rotatable bonds is 8. The van der Waals surface area contributed by atoms with Gasteiger partial charge in [0.2, 0.25) is 0 Å². The van der Waals surface area contributed by atoms with E-state index in [0.29, 0.717) is 24.3 Å². The predicted octanol–water partition coefficient (Wildman–Crippen LogP) is 4.01. The SMILES string of the molecule is CCCC(CCO)CNC(=O)Nc1cc(-c2ccco2)ccc1F. The molecule has 1 aromatic carbocycles. The van der Waals surface area contributed by atoms with Crippen LogP contribution in [0, 0.1) is 11.7 Å². The molecular weight excluding hydrogens is 311 g/mol. The van der Waals surface area contributed by atoms with Gasteiger partial charge in [0.05, 0.1) is 12.0 Å². The molecule has 0 spiro atoms. The Bertz CT molecular complexity index is 638. The number of nitrogens with one attached hydrogen (secondary N) is 2. The Balaban J connectivity index is 1.97. The second kappa shape index (κ2) is 9.08. The summed E-state index contributed by atoms with van der Waals surface area (Å²) in [4.78, 5) is 12.0. The Kier molecular flexibility index (Phi) is 6.81. The van der Waals surface area contributed by atoms with Gasteiger partial charge < -0.3 is 20.2 Å². The third kappa shape index (κ3) is 5.09. The molecule has 0 fully saturated rings. The third-order valence-corrected chi connectivity index (χ3v) is 3.81. The average Bonchev–Trinajstić information content (AvgIpc) is 3.09. The first-order valence-corrected chi connectivity index (χ1v) is 8.13. The topological polar surface area (TPSA) is 74.5 Å². The number of carbonyl (C=O) groups is 1. The van der Waals surface area contributed by atoms with Crippen LogP contribution >= 0.6 is 0 Å². The lowest BCUT2D eigenvalue weighted by Gasteiger charge is -2.16. The summed E-state index contributed by atoms with van der Waals surface area (Å²) >= 11 is 0. The zero-order valence-corrected chi connectivity index (χ0v) is 13.7. The van der Waals surface area contributed by atoms with Crippen LogP contribution in [-0.2, 0) is 0 Å². The number of hydrogen-bond donors (Lipinski definition) is 3. The molecule has 0 radical (unpaired) electrons. The van der Waals surface area contributed by atoms with Crippen molar-refractivity contribution in [3.8, 4) is 11.3 Å². The lowest BCUT2D eigenvalue weighted by Crippen LogP contribution is -2.33. The molecule has 0 bridgehead atoms. The van der Waals surface area contributed by atoms with Crippen LogP contribution < -0.4 is 10.6 Å². The van der Waals surface area contributed by atoms with E-state index in [2.05, 4.69) is 17.6 Å². The van der Waals surface area contributed by atoms with Gasteiger partial charge in [-0.1, -0.05) is 13.3 Å². The highest BCUT2D eigenvalue weighted by Crippen LogP contribution is 2.25. The van der Waals surface area contributed by atoms with E-state index in [0.717, 1.165) is 12.8 Å². The average molecular weight is 334 g/mol. The van der Waals surface area contributed by atoms with Crippen LogP contribution in [-0.4, -0.2) is 24.3 Å². The van der Waals surface area contributed by atoms with Gasteiger partial charge in [-0.2, -0.15) is 0 Å². The zero-order valence-electron chi connectivity index (χ0n) is 13.7. The standard InChI is InChI=1S/C18H23FN2O3/c1-2-4-13(8-9-22)12-20-18(23)21-16-11-14(6-7-15(16)19)17-5-3-10-24-17/h3,5-7,10-11,13,22H,2,4,8-9,12H2,1H3,(H2,20,21,23). The van der Waals surface area contributed by atoms with Gasteiger partial charge in [-0.25, -0.2) is 9.18 Å². The normalized spacial score (nSPS) is 12.0. The summed E-state index contributed by atoms with van der Waals surface area (Å²) in [6, 6.07) is 7.46. The van der Waals surface area contributed by atoms with Crippen LogP contribution in [0.25, 0.3) is 11.3 Å². The molecule has 5 nitrogen and oxygen atoms in total. The molecule has 24 heavy (non-hydrogen) atoms. The molecule has 1 heterocycles. The summed E-state index contributed by atoms with van der Waals surface area (Å²) in [5.41, 5.74) is 0.774. The van der Waals surface area contributed by atoms with Gasteiger partial charge in [0, 0.05) is 18.7 Å². The van der Waals surface area contributed by atoms with Crippen LogP contribution in [0.1, 0.15) is 26.2 Å². The summed E-state index contributed by atoms with van der Waals surface area (Å²) in [7, 11) is 0. The van der Waals surface area contributed by atoms with Gasteiger partial charge in [0.1, 0.15) is 11.6 Å². The minimum Gasteiger partial charge on any atom is -0.464 e. The molecule has 1 atom stereocenters. The number of carbonyl (C=O) groups excluding carboxylic acids is 1. The van der Waals surface area contributed by atoms with Crippen LogP contribution in [0.15, 0.2) is 41.0 Å². The van der Waals surface area contributed by atoms with Crippen molar-refractivity contribution < 1.29 is 18.7 Å². The minimum atomic E-state index is -0.513. The lowest BCUT2D eigenvalue weighted by atomic mass is 10.0. The Morgan fingerprint density at radius 1 is 1.33 bits per heavy atom. The molecule has 0 saturated heterocycles. The van der Waals surface area contributed by atoms with Gasteiger partial charge >= 0.3 is 6.03 Å². The molecule has 2 rings (SSSR count). The highest BCUT2D eigenvalue weighted by molar-refractivity contribution is 5.90. The van der Waals surface area contributed by atoms with Crippen LogP contribution in [0.2, 0.25) is 0 Å². The van der Waals surface area contributed by atoms with Gasteiger partial charge in [-0.15, -0.1) is 0 Å². The van der Waals surface area contributed by atoms with E-state index >= 15 is 0 Å². The number of furan rings is 1. The summed E-state index contributed by atoms with van der Waals surface area (Å²) in [5.74, 6) is 0.301. The molecular formula is C18H23FN2O3. The van der Waals surface area contributed by atoms with E-state index in [4.69, 9.17) is 9.52 Å². The molecule has 2 amide bonds. The van der Waals surface area contributed by atoms with E-state index in [1.54, 1.807) is 18.2 Å². The van der Waals surface area contributed by atoms with Crippen LogP contribution in [0.3, 0.4) is 0 Å². The van der Waals surface area contributed by atoms with E-state index in [-0.39, 0.29) is 18.2 Å². The summed E-state index contributed by atoms with van der Waals surface area (Å²) in [5, 5.41) is 14.3. The molecule has 130 valence electrons. The van der Waals surface area contributed by atoms with Crippen molar-refractivity contribution in [3.63, 3.8) is 0 Å². The van der Waals surface area contributed by atoms with Gasteiger partial charge in [0.25, 0.3) is 0 Å². The maximum absolute atomic E-state index is 13.9. The van der Waals surface area contributed by atoms with Crippen LogP contribution in [0.4, 0.5) is 14.9 Å². The second-order valence-electron chi connectivity index (χ2n) is 5.67. The highest BCUT2D eigenvalue weighted by Gasteiger charge is 2.12.